The SMILES string of the molecule is COC[C@@](N)(CC/C=C\CN=C(C)N)C(=O)O. The first-order valence-electron chi connectivity index (χ1n) is 5.35. The molecule has 0 radical (unpaired) electrons. The molecule has 0 rings (SSSR count). The van der Waals surface area contributed by atoms with E-state index in [4.69, 9.17) is 21.3 Å². The van der Waals surface area contributed by atoms with Gasteiger partial charge in [0, 0.05) is 7.11 Å². The van der Waals surface area contributed by atoms with Crippen LogP contribution in [0.15, 0.2) is 17.1 Å². The van der Waals surface area contributed by atoms with Gasteiger partial charge >= 0.3 is 5.97 Å². The molecule has 0 saturated carbocycles. The predicted molar refractivity (Wildman–Crippen MR) is 67.0 cm³/mol. The fraction of sp³-hybridized carbons (Fsp3) is 0.636. The van der Waals surface area contributed by atoms with Gasteiger partial charge in [0.2, 0.25) is 0 Å². The zero-order chi connectivity index (χ0) is 13.3. The fourth-order valence-corrected chi connectivity index (χ4v) is 1.23. The Hall–Kier alpha value is -1.40. The van der Waals surface area contributed by atoms with Gasteiger partial charge in [0.25, 0.3) is 0 Å². The molecule has 0 heterocycles. The van der Waals surface area contributed by atoms with Crippen LogP contribution in [0.5, 0.6) is 0 Å². The molecule has 0 aromatic carbocycles. The third-order valence-electron chi connectivity index (χ3n) is 2.20. The Labute approximate surface area is 101 Å². The van der Waals surface area contributed by atoms with E-state index in [2.05, 4.69) is 4.99 Å². The number of hydrogen-bond acceptors (Lipinski definition) is 4. The van der Waals surface area contributed by atoms with Crippen molar-refractivity contribution in [2.45, 2.75) is 25.3 Å². The summed E-state index contributed by atoms with van der Waals surface area (Å²) in [5, 5.41) is 8.97. The zero-order valence-electron chi connectivity index (χ0n) is 10.3. The number of allylic oxidation sites excluding steroid dienone is 1. The number of carboxylic acids is 1. The van der Waals surface area contributed by atoms with Crippen LogP contribution in [0.4, 0.5) is 0 Å². The molecule has 98 valence electrons. The van der Waals surface area contributed by atoms with Crippen LogP contribution in [0.1, 0.15) is 19.8 Å². The normalized spacial score (nSPS) is 16.1. The van der Waals surface area contributed by atoms with Crippen molar-refractivity contribution >= 4 is 11.8 Å². The monoisotopic (exact) mass is 243 g/mol. The second kappa shape index (κ2) is 7.81. The van der Waals surface area contributed by atoms with E-state index in [0.29, 0.717) is 25.2 Å². The van der Waals surface area contributed by atoms with Gasteiger partial charge in [-0.05, 0) is 19.8 Å². The number of nitrogens with two attached hydrogens (primary N) is 2. The van der Waals surface area contributed by atoms with Crippen LogP contribution in [0.2, 0.25) is 0 Å². The van der Waals surface area contributed by atoms with Crippen molar-refractivity contribution in [3.8, 4) is 0 Å². The number of aliphatic imine (C=N–C) groups is 1. The van der Waals surface area contributed by atoms with Gasteiger partial charge in [-0.3, -0.25) is 9.79 Å². The zero-order valence-corrected chi connectivity index (χ0v) is 10.3. The van der Waals surface area contributed by atoms with Crippen LogP contribution in [0, 0.1) is 0 Å². The lowest BCUT2D eigenvalue weighted by Gasteiger charge is -2.22. The molecule has 5 N–H and O–H groups in total. The maximum Gasteiger partial charge on any atom is 0.326 e. The summed E-state index contributed by atoms with van der Waals surface area (Å²) < 4.78 is 4.81. The van der Waals surface area contributed by atoms with E-state index < -0.39 is 11.5 Å². The number of amidine groups is 1. The molecule has 0 aliphatic rings. The molecule has 0 spiro atoms. The number of methoxy groups -OCH3 is 1. The number of nitrogens with zero attached hydrogens (tertiary/aromatic N) is 1. The Balaban J connectivity index is 4.07. The molecule has 0 aliphatic heterocycles. The Morgan fingerprint density at radius 3 is 2.65 bits per heavy atom. The second-order valence-electron chi connectivity index (χ2n) is 3.89. The Kier molecular flexibility index (Phi) is 7.16. The molecular formula is C11H21N3O3. The highest BCUT2D eigenvalue weighted by molar-refractivity contribution is 5.78. The summed E-state index contributed by atoms with van der Waals surface area (Å²) in [5.41, 5.74) is 9.74. The average Bonchev–Trinajstić information content (AvgIpc) is 2.23. The molecule has 0 amide bonds. The number of hydrogen-bond donors (Lipinski definition) is 3. The lowest BCUT2D eigenvalue weighted by molar-refractivity contribution is -0.145. The molecule has 6 heteroatoms. The highest BCUT2D eigenvalue weighted by atomic mass is 16.5. The molecule has 1 atom stereocenters. The number of carboxylic acid groups (broad SMARTS) is 1. The molecular weight excluding hydrogens is 222 g/mol. The fourth-order valence-electron chi connectivity index (χ4n) is 1.23. The smallest absolute Gasteiger partial charge is 0.326 e. The number of carbonyl (C=O) groups is 1. The first kappa shape index (κ1) is 15.6. The summed E-state index contributed by atoms with van der Waals surface area (Å²) in [6, 6.07) is 0. The molecule has 0 aromatic rings. The van der Waals surface area contributed by atoms with Crippen molar-refractivity contribution in [3.63, 3.8) is 0 Å². The number of aliphatic carboxylic acids is 1. The Morgan fingerprint density at radius 2 is 2.18 bits per heavy atom. The molecule has 17 heavy (non-hydrogen) atoms. The maximum atomic E-state index is 11.0. The lowest BCUT2D eigenvalue weighted by Crippen LogP contribution is -2.51. The van der Waals surface area contributed by atoms with Crippen molar-refractivity contribution in [2.24, 2.45) is 16.5 Å². The largest absolute Gasteiger partial charge is 0.480 e. The van der Waals surface area contributed by atoms with E-state index in [0.717, 1.165) is 0 Å². The van der Waals surface area contributed by atoms with Gasteiger partial charge in [0.15, 0.2) is 0 Å². The van der Waals surface area contributed by atoms with Gasteiger partial charge < -0.3 is 21.3 Å². The van der Waals surface area contributed by atoms with Crippen LogP contribution in [0.3, 0.4) is 0 Å². The average molecular weight is 243 g/mol. The van der Waals surface area contributed by atoms with Gasteiger partial charge in [0.05, 0.1) is 19.0 Å². The van der Waals surface area contributed by atoms with E-state index in [1.807, 2.05) is 12.2 Å². The van der Waals surface area contributed by atoms with Gasteiger partial charge in [-0.2, -0.15) is 0 Å². The van der Waals surface area contributed by atoms with Crippen molar-refractivity contribution in [1.82, 2.24) is 0 Å². The first-order chi connectivity index (χ1) is 7.92. The Bertz CT molecular complexity index is 298. The highest BCUT2D eigenvalue weighted by Crippen LogP contribution is 2.11. The van der Waals surface area contributed by atoms with Crippen LogP contribution in [-0.4, -0.2) is 42.7 Å². The van der Waals surface area contributed by atoms with Crippen LogP contribution in [0.25, 0.3) is 0 Å². The quantitative estimate of drug-likeness (QED) is 0.319. The van der Waals surface area contributed by atoms with E-state index in [1.54, 1.807) is 6.92 Å². The van der Waals surface area contributed by atoms with E-state index in [9.17, 15) is 4.79 Å². The van der Waals surface area contributed by atoms with Crippen molar-refractivity contribution < 1.29 is 14.6 Å². The van der Waals surface area contributed by atoms with E-state index >= 15 is 0 Å². The van der Waals surface area contributed by atoms with Gasteiger partial charge in [-0.25, -0.2) is 0 Å². The summed E-state index contributed by atoms with van der Waals surface area (Å²) >= 11 is 0. The summed E-state index contributed by atoms with van der Waals surface area (Å²) in [6.45, 7) is 2.20. The Morgan fingerprint density at radius 1 is 1.53 bits per heavy atom. The van der Waals surface area contributed by atoms with Crippen LogP contribution in [-0.2, 0) is 9.53 Å². The van der Waals surface area contributed by atoms with Crippen molar-refractivity contribution in [3.05, 3.63) is 12.2 Å². The second-order valence-corrected chi connectivity index (χ2v) is 3.89. The molecule has 0 saturated heterocycles. The topological polar surface area (TPSA) is 111 Å². The highest BCUT2D eigenvalue weighted by Gasteiger charge is 2.32. The van der Waals surface area contributed by atoms with E-state index in [1.165, 1.54) is 7.11 Å². The standard InChI is InChI=1S/C11H21N3O3/c1-9(12)14-7-5-3-4-6-11(13,8-17-2)10(15)16/h3,5H,4,6-8,13H2,1-2H3,(H2,12,14)(H,15,16)/b5-3-/t11-/m0/s1. The molecule has 0 bridgehead atoms. The van der Waals surface area contributed by atoms with Crippen molar-refractivity contribution in [1.29, 1.82) is 0 Å². The lowest BCUT2D eigenvalue weighted by atomic mass is 9.96. The summed E-state index contributed by atoms with van der Waals surface area (Å²) in [5.74, 6) is -0.531. The summed E-state index contributed by atoms with van der Waals surface area (Å²) in [7, 11) is 1.43. The third-order valence-corrected chi connectivity index (χ3v) is 2.20. The van der Waals surface area contributed by atoms with Gasteiger partial charge in [0.1, 0.15) is 5.54 Å². The minimum atomic E-state index is -1.33. The summed E-state index contributed by atoms with van der Waals surface area (Å²) in [4.78, 5) is 14.9. The molecule has 0 aliphatic carbocycles. The van der Waals surface area contributed by atoms with E-state index in [-0.39, 0.29) is 6.61 Å². The number of ether oxygens (including phenoxy) is 1. The van der Waals surface area contributed by atoms with Gasteiger partial charge in [-0.1, -0.05) is 12.2 Å². The molecule has 6 nitrogen and oxygen atoms in total. The van der Waals surface area contributed by atoms with Gasteiger partial charge in [-0.15, -0.1) is 0 Å². The van der Waals surface area contributed by atoms with Crippen LogP contribution >= 0.6 is 0 Å². The molecule has 0 fully saturated rings. The molecule has 0 unspecified atom stereocenters. The number of rotatable bonds is 8. The minimum Gasteiger partial charge on any atom is -0.480 e. The maximum absolute atomic E-state index is 11.0. The van der Waals surface area contributed by atoms with Crippen LogP contribution < -0.4 is 11.5 Å². The minimum absolute atomic E-state index is 0.00374. The van der Waals surface area contributed by atoms with Crippen molar-refractivity contribution in [2.75, 3.05) is 20.3 Å². The predicted octanol–water partition coefficient (Wildman–Crippen LogP) is 0.128. The third kappa shape index (κ3) is 6.70. The summed E-state index contributed by atoms with van der Waals surface area (Å²) in [6.07, 6.45) is 4.54. The first-order valence-corrected chi connectivity index (χ1v) is 5.35. The molecule has 0 aromatic heterocycles.